The second-order valence-electron chi connectivity index (χ2n) is 6.17. The molecule has 0 aromatic rings. The van der Waals surface area contributed by atoms with Crippen LogP contribution in [0.4, 0.5) is 0 Å². The molecule has 0 aromatic heterocycles. The number of carbonyl (C=O) groups excluding carboxylic acids is 2. The summed E-state index contributed by atoms with van der Waals surface area (Å²) in [5.41, 5.74) is 5.54. The minimum Gasteiger partial charge on any atom is -0.480 e. The topological polar surface area (TPSA) is 122 Å². The first-order valence-corrected chi connectivity index (χ1v) is 8.68. The Labute approximate surface area is 142 Å². The lowest BCUT2D eigenvalue weighted by atomic mass is 9.84. The van der Waals surface area contributed by atoms with Crippen molar-refractivity contribution in [1.82, 2.24) is 10.6 Å². The average Bonchev–Trinajstić information content (AvgIpc) is 2.52. The number of aliphatic carboxylic acids is 1. The number of carboxylic acid groups (broad SMARTS) is 1. The van der Waals surface area contributed by atoms with E-state index in [4.69, 9.17) is 10.8 Å². The Balaban J connectivity index is 2.73. The Morgan fingerprint density at radius 3 is 2.17 bits per heavy atom. The molecule has 0 aliphatic heterocycles. The van der Waals surface area contributed by atoms with Gasteiger partial charge in [0.1, 0.15) is 12.1 Å². The van der Waals surface area contributed by atoms with E-state index >= 15 is 0 Å². The summed E-state index contributed by atoms with van der Waals surface area (Å²) in [7, 11) is 0. The smallest absolute Gasteiger partial charge is 0.327 e. The van der Waals surface area contributed by atoms with Crippen molar-refractivity contribution in [3.8, 4) is 0 Å². The van der Waals surface area contributed by atoms with Crippen molar-refractivity contribution >= 4 is 30.4 Å². The highest BCUT2D eigenvalue weighted by Crippen LogP contribution is 2.27. The molecule has 132 valence electrons. The van der Waals surface area contributed by atoms with Crippen molar-refractivity contribution in [3.63, 3.8) is 0 Å². The summed E-state index contributed by atoms with van der Waals surface area (Å²) in [5, 5.41) is 14.1. The van der Waals surface area contributed by atoms with Gasteiger partial charge < -0.3 is 21.5 Å². The first kappa shape index (κ1) is 19.8. The molecule has 7 nitrogen and oxygen atoms in total. The van der Waals surface area contributed by atoms with Gasteiger partial charge in [-0.05, 0) is 19.3 Å². The minimum atomic E-state index is -1.15. The van der Waals surface area contributed by atoms with Gasteiger partial charge in [0.25, 0.3) is 0 Å². The zero-order valence-electron chi connectivity index (χ0n) is 13.5. The third-order valence-corrected chi connectivity index (χ3v) is 4.50. The second-order valence-corrected chi connectivity index (χ2v) is 6.54. The molecule has 0 radical (unpaired) electrons. The summed E-state index contributed by atoms with van der Waals surface area (Å²) >= 11 is 3.93. The van der Waals surface area contributed by atoms with Crippen molar-refractivity contribution < 1.29 is 19.5 Å². The highest BCUT2D eigenvalue weighted by Gasteiger charge is 2.29. The maximum Gasteiger partial charge on any atom is 0.327 e. The first-order chi connectivity index (χ1) is 10.8. The van der Waals surface area contributed by atoms with E-state index in [0.29, 0.717) is 12.3 Å². The van der Waals surface area contributed by atoms with Crippen LogP contribution in [0.15, 0.2) is 0 Å². The van der Waals surface area contributed by atoms with E-state index in [0.717, 1.165) is 25.7 Å². The average molecular weight is 345 g/mol. The molecule has 1 rings (SSSR count). The van der Waals surface area contributed by atoms with Crippen molar-refractivity contribution in [2.45, 2.75) is 63.6 Å². The monoisotopic (exact) mass is 345 g/mol. The first-order valence-electron chi connectivity index (χ1n) is 8.05. The molecular formula is C15H27N3O4S. The lowest BCUT2D eigenvalue weighted by Crippen LogP contribution is -2.55. The summed E-state index contributed by atoms with van der Waals surface area (Å²) in [6.07, 6.45) is 5.98. The van der Waals surface area contributed by atoms with Gasteiger partial charge in [-0.25, -0.2) is 4.79 Å². The van der Waals surface area contributed by atoms with Crippen LogP contribution in [-0.2, 0) is 14.4 Å². The van der Waals surface area contributed by atoms with E-state index in [1.807, 2.05) is 0 Å². The third kappa shape index (κ3) is 6.78. The number of hydrogen-bond donors (Lipinski definition) is 5. The van der Waals surface area contributed by atoms with Gasteiger partial charge in [0, 0.05) is 5.75 Å². The number of nitrogens with two attached hydrogens (primary N) is 1. The number of thiol groups is 1. The van der Waals surface area contributed by atoms with E-state index in [-0.39, 0.29) is 5.75 Å². The van der Waals surface area contributed by atoms with Gasteiger partial charge in [0.15, 0.2) is 0 Å². The number of carboxylic acids is 1. The van der Waals surface area contributed by atoms with Gasteiger partial charge in [-0.2, -0.15) is 12.6 Å². The SMILES string of the molecule is C[C@H](N)C(=O)N[C@@H](CC1CCCCC1)C(=O)N[C@@H](CS)C(=O)O. The van der Waals surface area contributed by atoms with Crippen LogP contribution in [0.2, 0.25) is 0 Å². The van der Waals surface area contributed by atoms with E-state index in [9.17, 15) is 14.4 Å². The quantitative estimate of drug-likeness (QED) is 0.405. The molecule has 0 aromatic carbocycles. The summed E-state index contributed by atoms with van der Waals surface area (Å²) in [6, 6.07) is -2.57. The summed E-state index contributed by atoms with van der Waals surface area (Å²) in [5.74, 6) is -1.72. The lowest BCUT2D eigenvalue weighted by Gasteiger charge is -2.27. The molecule has 0 heterocycles. The summed E-state index contributed by atoms with van der Waals surface area (Å²) < 4.78 is 0. The van der Waals surface area contributed by atoms with Gasteiger partial charge in [-0.1, -0.05) is 32.1 Å². The van der Waals surface area contributed by atoms with Gasteiger partial charge in [0.2, 0.25) is 11.8 Å². The predicted molar refractivity (Wildman–Crippen MR) is 90.2 cm³/mol. The van der Waals surface area contributed by atoms with Gasteiger partial charge in [-0.15, -0.1) is 0 Å². The molecule has 1 saturated carbocycles. The van der Waals surface area contributed by atoms with Crippen molar-refractivity contribution in [2.75, 3.05) is 5.75 Å². The van der Waals surface area contributed by atoms with Gasteiger partial charge in [0.05, 0.1) is 6.04 Å². The van der Waals surface area contributed by atoms with Crippen LogP contribution in [0.3, 0.4) is 0 Å². The highest BCUT2D eigenvalue weighted by molar-refractivity contribution is 7.80. The molecule has 3 atom stereocenters. The second kappa shape index (κ2) is 9.77. The highest BCUT2D eigenvalue weighted by atomic mass is 32.1. The molecule has 1 aliphatic rings. The zero-order valence-corrected chi connectivity index (χ0v) is 14.4. The van der Waals surface area contributed by atoms with Crippen LogP contribution in [0.5, 0.6) is 0 Å². The van der Waals surface area contributed by atoms with E-state index in [1.54, 1.807) is 6.92 Å². The fourth-order valence-corrected chi connectivity index (χ4v) is 3.00. The number of amides is 2. The molecule has 5 N–H and O–H groups in total. The Morgan fingerprint density at radius 2 is 1.70 bits per heavy atom. The van der Waals surface area contributed by atoms with E-state index in [1.165, 1.54) is 6.42 Å². The van der Waals surface area contributed by atoms with Crippen molar-refractivity contribution in [3.05, 3.63) is 0 Å². The third-order valence-electron chi connectivity index (χ3n) is 4.14. The Kier molecular flexibility index (Phi) is 8.40. The van der Waals surface area contributed by atoms with Crippen LogP contribution in [-0.4, -0.2) is 46.8 Å². The molecule has 2 amide bonds. The molecule has 0 unspecified atom stereocenters. The van der Waals surface area contributed by atoms with Crippen LogP contribution in [0, 0.1) is 5.92 Å². The Bertz CT molecular complexity index is 425. The number of carbonyl (C=O) groups is 3. The standard InChI is InChI=1S/C15H27N3O4S/c1-9(16)13(19)17-11(7-10-5-3-2-4-6-10)14(20)18-12(8-23)15(21)22/h9-12,23H,2-8,16H2,1H3,(H,17,19)(H,18,20)(H,21,22)/t9-,11-,12-/m0/s1. The summed E-state index contributed by atoms with van der Waals surface area (Å²) in [6.45, 7) is 1.54. The maximum atomic E-state index is 12.4. The van der Waals surface area contributed by atoms with Crippen LogP contribution < -0.4 is 16.4 Å². The predicted octanol–water partition coefficient (Wildman–Crippen LogP) is 0.288. The number of hydrogen-bond acceptors (Lipinski definition) is 5. The van der Waals surface area contributed by atoms with E-state index < -0.39 is 35.9 Å². The molecule has 1 fully saturated rings. The normalized spacial score (nSPS) is 19.4. The molecular weight excluding hydrogens is 318 g/mol. The van der Waals surface area contributed by atoms with Crippen LogP contribution >= 0.6 is 12.6 Å². The Morgan fingerprint density at radius 1 is 1.13 bits per heavy atom. The molecule has 0 spiro atoms. The van der Waals surface area contributed by atoms with Crippen LogP contribution in [0.1, 0.15) is 45.4 Å². The molecule has 0 saturated heterocycles. The fourth-order valence-electron chi connectivity index (χ4n) is 2.75. The lowest BCUT2D eigenvalue weighted by molar-refractivity contribution is -0.141. The van der Waals surface area contributed by atoms with Gasteiger partial charge in [-0.3, -0.25) is 9.59 Å². The number of rotatable bonds is 8. The Hall–Kier alpha value is -1.28. The fraction of sp³-hybridized carbons (Fsp3) is 0.800. The molecule has 8 heteroatoms. The van der Waals surface area contributed by atoms with Crippen molar-refractivity contribution in [1.29, 1.82) is 0 Å². The molecule has 1 aliphatic carbocycles. The largest absolute Gasteiger partial charge is 0.480 e. The zero-order chi connectivity index (χ0) is 17.4. The summed E-state index contributed by atoms with van der Waals surface area (Å²) in [4.78, 5) is 35.3. The molecule has 23 heavy (non-hydrogen) atoms. The maximum absolute atomic E-state index is 12.4. The number of nitrogens with one attached hydrogen (secondary N) is 2. The van der Waals surface area contributed by atoms with E-state index in [2.05, 4.69) is 23.3 Å². The molecule has 0 bridgehead atoms. The minimum absolute atomic E-state index is 0.0154. The van der Waals surface area contributed by atoms with Crippen molar-refractivity contribution in [2.24, 2.45) is 11.7 Å². The van der Waals surface area contributed by atoms with Crippen LogP contribution in [0.25, 0.3) is 0 Å². The van der Waals surface area contributed by atoms with Gasteiger partial charge >= 0.3 is 5.97 Å².